The number of hydrogen-bond donors (Lipinski definition) is 0. The molecule has 0 amide bonds. The Bertz CT molecular complexity index is 463. The second-order valence-corrected chi connectivity index (χ2v) is 3.62. The molecule has 0 radical (unpaired) electrons. The van der Waals surface area contributed by atoms with Gasteiger partial charge in [0.05, 0.1) is 0 Å². The zero-order valence-electron chi connectivity index (χ0n) is 8.79. The first-order valence-corrected chi connectivity index (χ1v) is 5.14. The molecule has 0 atom stereocenters. The Hall–Kier alpha value is -1.70. The van der Waals surface area contributed by atoms with Gasteiger partial charge in [-0.15, -0.1) is 0 Å². The van der Waals surface area contributed by atoms with Crippen LogP contribution < -0.4 is 0 Å². The predicted octanol–water partition coefficient (Wildman–Crippen LogP) is 4.29. The van der Waals surface area contributed by atoms with Crippen molar-refractivity contribution < 1.29 is 8.78 Å². The number of alkyl halides is 2. The molecule has 0 aromatic heterocycles. The van der Waals surface area contributed by atoms with Gasteiger partial charge in [-0.25, -0.2) is 8.78 Å². The summed E-state index contributed by atoms with van der Waals surface area (Å²) in [5, 5.41) is 0. The van der Waals surface area contributed by atoms with Crippen LogP contribution in [0.25, 0.3) is 11.1 Å². The van der Waals surface area contributed by atoms with E-state index in [1.54, 1.807) is 18.2 Å². The summed E-state index contributed by atoms with van der Waals surface area (Å²) in [6, 6.07) is 14.6. The molecule has 2 heteroatoms. The molecule has 2 rings (SSSR count). The fourth-order valence-corrected chi connectivity index (χ4v) is 1.74. The van der Waals surface area contributed by atoms with Crippen molar-refractivity contribution in [1.82, 2.24) is 0 Å². The van der Waals surface area contributed by atoms with E-state index in [4.69, 9.17) is 0 Å². The lowest BCUT2D eigenvalue weighted by Crippen LogP contribution is -1.89. The summed E-state index contributed by atoms with van der Waals surface area (Å²) >= 11 is 0. The minimum absolute atomic E-state index is 0.521. The first-order chi connectivity index (χ1) is 7.85. The quantitative estimate of drug-likeness (QED) is 0.720. The van der Waals surface area contributed by atoms with E-state index >= 15 is 0 Å². The van der Waals surface area contributed by atoms with E-state index < -0.39 is 13.3 Å². The third-order valence-electron chi connectivity index (χ3n) is 2.55. The molecule has 0 heterocycles. The average molecular weight is 218 g/mol. The predicted molar refractivity (Wildman–Crippen MR) is 61.5 cm³/mol. The van der Waals surface area contributed by atoms with Gasteiger partial charge in [0, 0.05) is 0 Å². The molecule has 16 heavy (non-hydrogen) atoms. The fourth-order valence-electron chi connectivity index (χ4n) is 1.74. The lowest BCUT2D eigenvalue weighted by molar-refractivity contribution is 0.475. The summed E-state index contributed by atoms with van der Waals surface area (Å²) in [6.45, 7) is -1.12. The molecule has 2 aromatic carbocycles. The second-order valence-electron chi connectivity index (χ2n) is 3.62. The summed E-state index contributed by atoms with van der Waals surface area (Å²) < 4.78 is 25.3. The van der Waals surface area contributed by atoms with Crippen molar-refractivity contribution >= 4 is 0 Å². The molecule has 0 aliphatic heterocycles. The smallest absolute Gasteiger partial charge is 0.115 e. The van der Waals surface area contributed by atoms with Crippen LogP contribution in [0.2, 0.25) is 0 Å². The molecule has 2 aromatic rings. The fraction of sp³-hybridized carbons (Fsp3) is 0.143. The topological polar surface area (TPSA) is 0 Å². The SMILES string of the molecule is FCc1ccc(-c2ccccc2)c(CF)c1. The summed E-state index contributed by atoms with van der Waals surface area (Å²) in [7, 11) is 0. The molecule has 0 nitrogen and oxygen atoms in total. The van der Waals surface area contributed by atoms with Gasteiger partial charge in [-0.1, -0.05) is 42.5 Å². The lowest BCUT2D eigenvalue weighted by Gasteiger charge is -2.08. The Balaban J connectivity index is 2.49. The Morgan fingerprint density at radius 1 is 0.812 bits per heavy atom. The Morgan fingerprint density at radius 3 is 2.19 bits per heavy atom. The van der Waals surface area contributed by atoms with Crippen molar-refractivity contribution in [1.29, 1.82) is 0 Å². The van der Waals surface area contributed by atoms with Gasteiger partial charge in [-0.2, -0.15) is 0 Å². The van der Waals surface area contributed by atoms with Gasteiger partial charge < -0.3 is 0 Å². The van der Waals surface area contributed by atoms with Crippen LogP contribution in [0.5, 0.6) is 0 Å². The first-order valence-electron chi connectivity index (χ1n) is 5.14. The van der Waals surface area contributed by atoms with Gasteiger partial charge >= 0.3 is 0 Å². The molecule has 0 aliphatic carbocycles. The van der Waals surface area contributed by atoms with Gasteiger partial charge in [0.15, 0.2) is 0 Å². The Kier molecular flexibility index (Phi) is 3.30. The number of hydrogen-bond acceptors (Lipinski definition) is 0. The normalized spacial score (nSPS) is 10.4. The lowest BCUT2D eigenvalue weighted by atomic mass is 9.98. The maximum atomic E-state index is 12.9. The molecule has 0 fully saturated rings. The highest BCUT2D eigenvalue weighted by Gasteiger charge is 2.05. The average Bonchev–Trinajstić information content (AvgIpc) is 2.39. The standard InChI is InChI=1S/C14H12F2/c15-9-11-6-7-14(13(8-11)10-16)12-4-2-1-3-5-12/h1-8H,9-10H2. The summed E-state index contributed by atoms with van der Waals surface area (Å²) in [5.41, 5.74) is 2.86. The van der Waals surface area contributed by atoms with E-state index in [0.29, 0.717) is 11.1 Å². The largest absolute Gasteiger partial charge is 0.246 e. The van der Waals surface area contributed by atoms with E-state index in [1.807, 2.05) is 30.3 Å². The number of halogens is 2. The summed E-state index contributed by atoms with van der Waals surface area (Å²) in [5.74, 6) is 0. The molecule has 0 unspecified atom stereocenters. The molecule has 0 bridgehead atoms. The highest BCUT2D eigenvalue weighted by Crippen LogP contribution is 2.25. The molecule has 82 valence electrons. The van der Waals surface area contributed by atoms with Crippen LogP contribution in [0.1, 0.15) is 11.1 Å². The highest BCUT2D eigenvalue weighted by atomic mass is 19.1. The number of rotatable bonds is 3. The van der Waals surface area contributed by atoms with Crippen molar-refractivity contribution in [3.8, 4) is 11.1 Å². The van der Waals surface area contributed by atoms with Crippen LogP contribution in [0, 0.1) is 0 Å². The van der Waals surface area contributed by atoms with Gasteiger partial charge in [0.2, 0.25) is 0 Å². The Morgan fingerprint density at radius 2 is 1.56 bits per heavy atom. The van der Waals surface area contributed by atoms with E-state index in [-0.39, 0.29) is 0 Å². The summed E-state index contributed by atoms with van der Waals surface area (Å²) in [4.78, 5) is 0. The molecule has 0 N–H and O–H groups in total. The van der Waals surface area contributed by atoms with Gasteiger partial charge in [0.1, 0.15) is 13.3 Å². The molecular weight excluding hydrogens is 206 g/mol. The van der Waals surface area contributed by atoms with E-state index in [1.165, 1.54) is 0 Å². The first kappa shape index (κ1) is 10.8. The molecule has 0 spiro atoms. The van der Waals surface area contributed by atoms with Gasteiger partial charge in [-0.05, 0) is 28.3 Å². The van der Waals surface area contributed by atoms with Gasteiger partial charge in [-0.3, -0.25) is 0 Å². The van der Waals surface area contributed by atoms with Crippen molar-refractivity contribution in [3.05, 3.63) is 59.7 Å². The van der Waals surface area contributed by atoms with Crippen LogP contribution >= 0.6 is 0 Å². The van der Waals surface area contributed by atoms with E-state index in [0.717, 1.165) is 11.1 Å². The molecular formula is C14H12F2. The second kappa shape index (κ2) is 4.88. The monoisotopic (exact) mass is 218 g/mol. The van der Waals surface area contributed by atoms with Crippen LogP contribution in [-0.4, -0.2) is 0 Å². The Labute approximate surface area is 93.5 Å². The van der Waals surface area contributed by atoms with Crippen molar-refractivity contribution in [2.45, 2.75) is 13.3 Å². The van der Waals surface area contributed by atoms with Crippen molar-refractivity contribution in [3.63, 3.8) is 0 Å². The summed E-state index contributed by atoms with van der Waals surface area (Å²) in [6.07, 6.45) is 0. The van der Waals surface area contributed by atoms with Crippen LogP contribution in [-0.2, 0) is 13.3 Å². The third-order valence-corrected chi connectivity index (χ3v) is 2.55. The van der Waals surface area contributed by atoms with Crippen LogP contribution in [0.4, 0.5) is 8.78 Å². The van der Waals surface area contributed by atoms with Crippen LogP contribution in [0.3, 0.4) is 0 Å². The van der Waals surface area contributed by atoms with E-state index in [2.05, 4.69) is 0 Å². The molecule has 0 saturated carbocycles. The minimum Gasteiger partial charge on any atom is -0.246 e. The van der Waals surface area contributed by atoms with Crippen molar-refractivity contribution in [2.24, 2.45) is 0 Å². The maximum absolute atomic E-state index is 12.9. The number of benzene rings is 2. The maximum Gasteiger partial charge on any atom is 0.115 e. The highest BCUT2D eigenvalue weighted by molar-refractivity contribution is 5.67. The van der Waals surface area contributed by atoms with Crippen LogP contribution in [0.15, 0.2) is 48.5 Å². The van der Waals surface area contributed by atoms with E-state index in [9.17, 15) is 8.78 Å². The zero-order chi connectivity index (χ0) is 11.4. The third kappa shape index (κ3) is 2.11. The minimum atomic E-state index is -0.571. The van der Waals surface area contributed by atoms with Gasteiger partial charge in [0.25, 0.3) is 0 Å². The van der Waals surface area contributed by atoms with Crippen molar-refractivity contribution in [2.75, 3.05) is 0 Å². The molecule has 0 saturated heterocycles. The molecule has 0 aliphatic rings. The zero-order valence-corrected chi connectivity index (χ0v) is 8.79.